The van der Waals surface area contributed by atoms with E-state index in [0.29, 0.717) is 11.8 Å². The summed E-state index contributed by atoms with van der Waals surface area (Å²) in [6.45, 7) is 19.0. The highest BCUT2D eigenvalue weighted by atomic mass is 14.0. The van der Waals surface area contributed by atoms with E-state index in [1.807, 2.05) is 33.8 Å². The molecule has 0 radical (unpaired) electrons. The predicted molar refractivity (Wildman–Crippen MR) is 122 cm³/mol. The first-order valence-corrected chi connectivity index (χ1v) is 9.12. The highest BCUT2D eigenvalue weighted by molar-refractivity contribution is 5.24. The number of hydrogen-bond acceptors (Lipinski definition) is 0. The molecule has 25 heavy (non-hydrogen) atoms. The number of benzene rings is 2. The molecular formula is C25H46. The monoisotopic (exact) mass is 346 g/mol. The molecule has 2 aromatic rings. The van der Waals surface area contributed by atoms with Crippen molar-refractivity contribution < 1.29 is 0 Å². The van der Waals surface area contributed by atoms with Gasteiger partial charge in [-0.1, -0.05) is 130 Å². The number of aryl methyl sites for hydroxylation is 1. The smallest absolute Gasteiger partial charge is 0.0219 e. The van der Waals surface area contributed by atoms with Crippen LogP contribution in [0, 0.1) is 6.92 Å². The fourth-order valence-corrected chi connectivity index (χ4v) is 1.87. The molecule has 146 valence electrons. The quantitative estimate of drug-likeness (QED) is 0.508. The minimum atomic E-state index is 0. The molecule has 0 spiro atoms. The van der Waals surface area contributed by atoms with Crippen molar-refractivity contribution >= 4 is 0 Å². The van der Waals surface area contributed by atoms with Crippen LogP contribution >= 0.6 is 0 Å². The maximum Gasteiger partial charge on any atom is -0.0219 e. The van der Waals surface area contributed by atoms with E-state index in [2.05, 4.69) is 83.1 Å². The molecule has 0 aromatic heterocycles. The fraction of sp³-hybridized carbons (Fsp3) is 0.520. The summed E-state index contributed by atoms with van der Waals surface area (Å²) in [5.74, 6) is 1.31. The van der Waals surface area contributed by atoms with Gasteiger partial charge in [0.15, 0.2) is 0 Å². The topological polar surface area (TPSA) is 0 Å². The van der Waals surface area contributed by atoms with Crippen LogP contribution < -0.4 is 0 Å². The summed E-state index contributed by atoms with van der Waals surface area (Å²) in [6.07, 6.45) is 0. The molecule has 0 nitrogen and oxygen atoms in total. The first kappa shape index (κ1) is 31.2. The van der Waals surface area contributed by atoms with Gasteiger partial charge in [0, 0.05) is 0 Å². The van der Waals surface area contributed by atoms with Gasteiger partial charge in [-0.3, -0.25) is 0 Å². The van der Waals surface area contributed by atoms with Crippen LogP contribution in [0.1, 0.15) is 98.8 Å². The summed E-state index contributed by atoms with van der Waals surface area (Å²) in [6, 6.07) is 19.2. The molecule has 0 saturated carbocycles. The molecule has 0 atom stereocenters. The maximum atomic E-state index is 2.24. The number of hydrogen-bond donors (Lipinski definition) is 0. The Balaban J connectivity index is -0.000000138. The summed E-state index contributed by atoms with van der Waals surface area (Å²) in [5, 5.41) is 0. The van der Waals surface area contributed by atoms with Crippen molar-refractivity contribution in [2.75, 3.05) is 0 Å². The lowest BCUT2D eigenvalue weighted by atomic mass is 10.0. The summed E-state index contributed by atoms with van der Waals surface area (Å²) >= 11 is 0. The Labute approximate surface area is 160 Å². The van der Waals surface area contributed by atoms with E-state index < -0.39 is 0 Å². The first-order chi connectivity index (χ1) is 11.0. The molecular weight excluding hydrogens is 300 g/mol. The number of rotatable bonds is 2. The Morgan fingerprint density at radius 3 is 1.24 bits per heavy atom. The second-order valence-electron chi connectivity index (χ2n) is 5.63. The van der Waals surface area contributed by atoms with Gasteiger partial charge in [-0.15, -0.1) is 0 Å². The van der Waals surface area contributed by atoms with E-state index in [1.54, 1.807) is 0 Å². The van der Waals surface area contributed by atoms with Crippen LogP contribution in [-0.2, 0) is 0 Å². The lowest BCUT2D eigenvalue weighted by Crippen LogP contribution is -1.86. The van der Waals surface area contributed by atoms with Crippen molar-refractivity contribution in [3.8, 4) is 0 Å². The van der Waals surface area contributed by atoms with E-state index in [9.17, 15) is 0 Å². The third-order valence-electron chi connectivity index (χ3n) is 3.18. The van der Waals surface area contributed by atoms with Gasteiger partial charge in [0.05, 0.1) is 0 Å². The minimum absolute atomic E-state index is 0. The second kappa shape index (κ2) is 20.5. The standard InChI is InChI=1S/C10H14.C9H12.2C2H6.2CH4/c1-8(2)10-6-4-5-9(3)7-10;1-8(2)9-6-4-3-5-7-9;2*1-2;;/h4-8H,1-3H3;3-8H,1-2H3;2*1-2H3;2*1H4. The molecule has 0 aliphatic rings. The molecule has 0 heteroatoms. The largest absolute Gasteiger partial charge is 0.0776 e. The zero-order chi connectivity index (χ0) is 18.3. The van der Waals surface area contributed by atoms with E-state index >= 15 is 0 Å². The highest BCUT2D eigenvalue weighted by Crippen LogP contribution is 2.14. The summed E-state index contributed by atoms with van der Waals surface area (Å²) < 4.78 is 0. The average molecular weight is 347 g/mol. The fourth-order valence-electron chi connectivity index (χ4n) is 1.87. The van der Waals surface area contributed by atoms with Crippen molar-refractivity contribution in [2.45, 2.75) is 89.0 Å². The first-order valence-electron chi connectivity index (χ1n) is 9.12. The van der Waals surface area contributed by atoms with Crippen LogP contribution in [0.5, 0.6) is 0 Å². The van der Waals surface area contributed by atoms with Gasteiger partial charge in [0.25, 0.3) is 0 Å². The molecule has 0 unspecified atom stereocenters. The highest BCUT2D eigenvalue weighted by Gasteiger charge is 1.96. The van der Waals surface area contributed by atoms with Crippen molar-refractivity contribution in [3.05, 3.63) is 71.3 Å². The van der Waals surface area contributed by atoms with E-state index in [-0.39, 0.29) is 14.9 Å². The van der Waals surface area contributed by atoms with Crippen molar-refractivity contribution in [1.82, 2.24) is 0 Å². The lowest BCUT2D eigenvalue weighted by Gasteiger charge is -2.04. The van der Waals surface area contributed by atoms with E-state index in [0.717, 1.165) is 0 Å². The van der Waals surface area contributed by atoms with Crippen LogP contribution in [0.15, 0.2) is 54.6 Å². The van der Waals surface area contributed by atoms with Gasteiger partial charge in [0.1, 0.15) is 0 Å². The van der Waals surface area contributed by atoms with E-state index in [1.165, 1.54) is 16.7 Å². The van der Waals surface area contributed by atoms with Crippen molar-refractivity contribution in [2.24, 2.45) is 0 Å². The molecule has 0 saturated heterocycles. The van der Waals surface area contributed by atoms with Crippen LogP contribution in [0.3, 0.4) is 0 Å². The van der Waals surface area contributed by atoms with Crippen molar-refractivity contribution in [1.29, 1.82) is 0 Å². The summed E-state index contributed by atoms with van der Waals surface area (Å²) in [7, 11) is 0. The SMILES string of the molecule is C.C.CC.CC.CC(C)c1ccccc1.Cc1cccc(C(C)C)c1. The van der Waals surface area contributed by atoms with Crippen molar-refractivity contribution in [3.63, 3.8) is 0 Å². The third-order valence-corrected chi connectivity index (χ3v) is 3.18. The summed E-state index contributed by atoms with van der Waals surface area (Å²) in [5.41, 5.74) is 4.20. The van der Waals surface area contributed by atoms with Gasteiger partial charge in [-0.05, 0) is 29.9 Å². The predicted octanol–water partition coefficient (Wildman–Crippen LogP) is 9.25. The Hall–Kier alpha value is -1.56. The van der Waals surface area contributed by atoms with Gasteiger partial charge in [0.2, 0.25) is 0 Å². The average Bonchev–Trinajstić information content (AvgIpc) is 2.60. The lowest BCUT2D eigenvalue weighted by molar-refractivity contribution is 0.865. The van der Waals surface area contributed by atoms with Gasteiger partial charge in [-0.25, -0.2) is 0 Å². The van der Waals surface area contributed by atoms with E-state index in [4.69, 9.17) is 0 Å². The molecule has 0 fully saturated rings. The molecule has 0 aliphatic carbocycles. The summed E-state index contributed by atoms with van der Waals surface area (Å²) in [4.78, 5) is 0. The van der Waals surface area contributed by atoms with Gasteiger partial charge >= 0.3 is 0 Å². The molecule has 0 bridgehead atoms. The maximum absolute atomic E-state index is 2.24. The Kier molecular flexibility index (Phi) is 25.6. The zero-order valence-electron chi connectivity index (χ0n) is 16.9. The molecule has 2 aromatic carbocycles. The normalized spacial score (nSPS) is 8.28. The minimum Gasteiger partial charge on any atom is -0.0776 e. The Morgan fingerprint density at radius 2 is 0.960 bits per heavy atom. The molecule has 0 N–H and O–H groups in total. The Bertz CT molecular complexity index is 466. The Morgan fingerprint density at radius 1 is 0.560 bits per heavy atom. The molecule has 0 amide bonds. The molecule has 2 rings (SSSR count). The van der Waals surface area contributed by atoms with Crippen LogP contribution in [-0.4, -0.2) is 0 Å². The molecule has 0 heterocycles. The van der Waals surface area contributed by atoms with Crippen LogP contribution in [0.4, 0.5) is 0 Å². The second-order valence-corrected chi connectivity index (χ2v) is 5.63. The molecule has 0 aliphatic heterocycles. The van der Waals surface area contributed by atoms with Crippen LogP contribution in [0.25, 0.3) is 0 Å². The van der Waals surface area contributed by atoms with Crippen LogP contribution in [0.2, 0.25) is 0 Å². The van der Waals surface area contributed by atoms with Gasteiger partial charge < -0.3 is 0 Å². The zero-order valence-corrected chi connectivity index (χ0v) is 16.9. The van der Waals surface area contributed by atoms with Gasteiger partial charge in [-0.2, -0.15) is 0 Å². The third kappa shape index (κ3) is 15.7.